The van der Waals surface area contributed by atoms with Crippen LogP contribution in [0.3, 0.4) is 0 Å². The summed E-state index contributed by atoms with van der Waals surface area (Å²) in [5.41, 5.74) is 1.78. The van der Waals surface area contributed by atoms with Crippen LogP contribution in [-0.4, -0.2) is 86.4 Å². The highest BCUT2D eigenvalue weighted by Gasteiger charge is 2.37. The maximum atomic E-state index is 12.7. The van der Waals surface area contributed by atoms with Crippen LogP contribution in [0.2, 0.25) is 0 Å². The zero-order valence-corrected chi connectivity index (χ0v) is 26.8. The maximum absolute atomic E-state index is 12.7. The van der Waals surface area contributed by atoms with E-state index in [4.69, 9.17) is 4.74 Å². The number of aromatic nitrogens is 7. The first-order valence-corrected chi connectivity index (χ1v) is 17.0. The van der Waals surface area contributed by atoms with Gasteiger partial charge in [-0.05, 0) is 70.5 Å². The number of aryl methyl sites for hydroxylation is 1. The van der Waals surface area contributed by atoms with Crippen LogP contribution in [0.25, 0.3) is 11.4 Å². The number of nitrogens with one attached hydrogen (secondary N) is 1. The van der Waals surface area contributed by atoms with Crippen LogP contribution in [0.4, 0.5) is 16.0 Å². The van der Waals surface area contributed by atoms with Gasteiger partial charge in [-0.25, -0.2) is 27.8 Å². The number of pyridine rings is 1. The molecule has 0 saturated heterocycles. The van der Waals surface area contributed by atoms with E-state index in [-0.39, 0.29) is 11.8 Å². The molecule has 0 atom stereocenters. The second-order valence-electron chi connectivity index (χ2n) is 12.2. The predicted molar refractivity (Wildman–Crippen MR) is 172 cm³/mol. The van der Waals surface area contributed by atoms with Gasteiger partial charge in [0.15, 0.2) is 5.82 Å². The molecule has 46 heavy (non-hydrogen) atoms. The minimum absolute atomic E-state index is 0.182. The average molecular weight is 648 g/mol. The SMILES string of the molecule is CN(C)C[C@H]1CC[C@H](COc2cc(Nc3ccnc(-c4cnn(S(=O)(=O)C5CC5)c4)n3)ncc2C#Cc2cnn(CCF)c2)CC1. The molecule has 0 aliphatic heterocycles. The highest BCUT2D eigenvalue weighted by molar-refractivity contribution is 7.90. The Balaban J connectivity index is 1.19. The molecule has 6 rings (SSSR count). The number of hydrogen-bond donors (Lipinski definition) is 1. The lowest BCUT2D eigenvalue weighted by molar-refractivity contribution is 0.166. The Hall–Kier alpha value is -4.35. The lowest BCUT2D eigenvalue weighted by Crippen LogP contribution is -2.27. The normalized spacial score (nSPS) is 18.3. The molecule has 14 heteroatoms. The van der Waals surface area contributed by atoms with Gasteiger partial charge in [0.2, 0.25) is 0 Å². The van der Waals surface area contributed by atoms with Crippen molar-refractivity contribution in [2.24, 2.45) is 11.8 Å². The minimum atomic E-state index is -3.49. The first-order chi connectivity index (χ1) is 22.3. The third-order valence-electron chi connectivity index (χ3n) is 8.15. The largest absolute Gasteiger partial charge is 0.492 e. The third kappa shape index (κ3) is 7.89. The molecule has 4 aromatic heterocycles. The molecule has 0 spiro atoms. The molecule has 2 aliphatic carbocycles. The van der Waals surface area contributed by atoms with Crippen molar-refractivity contribution >= 4 is 21.7 Å². The molecular formula is C32H38FN9O3S. The molecule has 0 amide bonds. The highest BCUT2D eigenvalue weighted by atomic mass is 32.2. The van der Waals surface area contributed by atoms with Gasteiger partial charge in [-0.3, -0.25) is 4.68 Å². The Morgan fingerprint density at radius 2 is 1.80 bits per heavy atom. The van der Waals surface area contributed by atoms with Crippen LogP contribution in [-0.2, 0) is 16.6 Å². The molecule has 1 N–H and O–H groups in total. The fourth-order valence-electron chi connectivity index (χ4n) is 5.58. The number of nitrogens with zero attached hydrogens (tertiary/aromatic N) is 8. The van der Waals surface area contributed by atoms with Crippen molar-refractivity contribution in [1.82, 2.24) is 38.8 Å². The van der Waals surface area contributed by atoms with Crippen LogP contribution < -0.4 is 10.1 Å². The number of ether oxygens (including phenoxy) is 1. The van der Waals surface area contributed by atoms with Crippen LogP contribution in [0.1, 0.15) is 49.7 Å². The molecule has 12 nitrogen and oxygen atoms in total. The second kappa shape index (κ2) is 14.0. The number of rotatable bonds is 12. The Morgan fingerprint density at radius 3 is 2.57 bits per heavy atom. The molecular weight excluding hydrogens is 609 g/mol. The van der Waals surface area contributed by atoms with Crippen molar-refractivity contribution < 1.29 is 17.5 Å². The molecule has 4 heterocycles. The summed E-state index contributed by atoms with van der Waals surface area (Å²) in [6, 6.07) is 3.50. The van der Waals surface area contributed by atoms with E-state index in [2.05, 4.69) is 61.3 Å². The van der Waals surface area contributed by atoms with E-state index < -0.39 is 16.7 Å². The molecule has 0 aromatic carbocycles. The van der Waals surface area contributed by atoms with Gasteiger partial charge in [-0.15, -0.1) is 0 Å². The molecule has 2 aliphatic rings. The summed E-state index contributed by atoms with van der Waals surface area (Å²) in [6.07, 6.45) is 15.4. The van der Waals surface area contributed by atoms with E-state index in [1.165, 1.54) is 29.9 Å². The Labute approximate surface area is 268 Å². The van der Waals surface area contributed by atoms with Crippen molar-refractivity contribution in [2.75, 3.05) is 39.2 Å². The number of alkyl halides is 1. The fourth-order valence-corrected chi connectivity index (χ4v) is 7.05. The standard InChI is InChI=1S/C32H38FN9O3S/c1-40(2)19-23-3-5-24(6-4-23)22-45-29-15-31(35-17-26(29)8-7-25-16-36-41(20-25)14-12-33)38-30-11-13-34-32(39-30)27-18-37-42(21-27)46(43,44)28-9-10-28/h11,13,15-18,20-21,23-24,28H,3-6,9-10,12,14,19,22H2,1-2H3,(H,34,35,38,39)/t23-,24-. The van der Waals surface area contributed by atoms with E-state index in [0.717, 1.165) is 29.4 Å². The number of anilines is 2. The van der Waals surface area contributed by atoms with Crippen LogP contribution in [0, 0.1) is 23.7 Å². The van der Waals surface area contributed by atoms with Gasteiger partial charge in [-0.1, -0.05) is 11.8 Å². The van der Waals surface area contributed by atoms with Gasteiger partial charge < -0.3 is 15.0 Å². The van der Waals surface area contributed by atoms with Crippen LogP contribution >= 0.6 is 0 Å². The lowest BCUT2D eigenvalue weighted by atomic mass is 9.82. The zero-order valence-electron chi connectivity index (χ0n) is 26.0. The van der Waals surface area contributed by atoms with Gasteiger partial charge in [0, 0.05) is 31.2 Å². The van der Waals surface area contributed by atoms with Gasteiger partial charge >= 0.3 is 0 Å². The Morgan fingerprint density at radius 1 is 1.00 bits per heavy atom. The van der Waals surface area contributed by atoms with E-state index in [0.29, 0.717) is 65.3 Å². The summed E-state index contributed by atoms with van der Waals surface area (Å²) in [7, 11) is 0.757. The van der Waals surface area contributed by atoms with Gasteiger partial charge in [0.05, 0.1) is 53.7 Å². The topological polar surface area (TPSA) is 133 Å². The molecule has 2 saturated carbocycles. The Kier molecular flexibility index (Phi) is 9.60. The van der Waals surface area contributed by atoms with Crippen molar-refractivity contribution in [3.63, 3.8) is 0 Å². The number of halogens is 1. The summed E-state index contributed by atoms with van der Waals surface area (Å²) < 4.78 is 46.8. The molecule has 242 valence electrons. The summed E-state index contributed by atoms with van der Waals surface area (Å²) in [5, 5.41) is 11.0. The van der Waals surface area contributed by atoms with Crippen molar-refractivity contribution in [3.05, 3.63) is 60.4 Å². The van der Waals surface area contributed by atoms with E-state index in [1.807, 2.05) is 0 Å². The first-order valence-electron chi connectivity index (χ1n) is 15.5. The third-order valence-corrected chi connectivity index (χ3v) is 10.2. The highest BCUT2D eigenvalue weighted by Crippen LogP contribution is 2.32. The first kappa shape index (κ1) is 31.6. The lowest BCUT2D eigenvalue weighted by Gasteiger charge is -2.30. The van der Waals surface area contributed by atoms with Crippen molar-refractivity contribution in [1.29, 1.82) is 0 Å². The molecule has 0 bridgehead atoms. The van der Waals surface area contributed by atoms with Gasteiger partial charge in [0.1, 0.15) is 24.1 Å². The zero-order chi connectivity index (χ0) is 32.1. The molecule has 2 fully saturated rings. The quantitative estimate of drug-likeness (QED) is 0.224. The monoisotopic (exact) mass is 647 g/mol. The predicted octanol–water partition coefficient (Wildman–Crippen LogP) is 4.13. The summed E-state index contributed by atoms with van der Waals surface area (Å²) >= 11 is 0. The summed E-state index contributed by atoms with van der Waals surface area (Å²) in [4.78, 5) is 15.7. The molecule has 0 unspecified atom stereocenters. The van der Waals surface area contributed by atoms with E-state index in [9.17, 15) is 12.8 Å². The van der Waals surface area contributed by atoms with Gasteiger partial charge in [-0.2, -0.15) is 14.3 Å². The van der Waals surface area contributed by atoms with Gasteiger partial charge in [0.25, 0.3) is 10.0 Å². The molecule has 0 radical (unpaired) electrons. The fraction of sp³-hybridized carbons (Fsp3) is 0.469. The second-order valence-corrected chi connectivity index (χ2v) is 14.3. The average Bonchev–Trinajstić information content (AvgIpc) is 3.62. The summed E-state index contributed by atoms with van der Waals surface area (Å²) in [6.45, 7) is 1.37. The van der Waals surface area contributed by atoms with E-state index >= 15 is 0 Å². The minimum Gasteiger partial charge on any atom is -0.492 e. The van der Waals surface area contributed by atoms with E-state index in [1.54, 1.807) is 36.9 Å². The van der Waals surface area contributed by atoms with Crippen LogP contribution in [0.5, 0.6) is 5.75 Å². The smallest absolute Gasteiger partial charge is 0.256 e. The molecule has 4 aromatic rings. The maximum Gasteiger partial charge on any atom is 0.256 e. The van der Waals surface area contributed by atoms with Crippen molar-refractivity contribution in [2.45, 2.75) is 50.3 Å². The van der Waals surface area contributed by atoms with Crippen LogP contribution in [0.15, 0.2) is 49.3 Å². The van der Waals surface area contributed by atoms with Crippen molar-refractivity contribution in [3.8, 4) is 29.0 Å². The Bertz CT molecular complexity index is 1820. The summed E-state index contributed by atoms with van der Waals surface area (Å²) in [5.74, 6) is 9.31. The number of hydrogen-bond acceptors (Lipinski definition) is 10.